The Morgan fingerprint density at radius 3 is 1.69 bits per heavy atom. The van der Waals surface area contributed by atoms with Crippen LogP contribution in [0, 0.1) is 0 Å². The Balaban J connectivity index is 3.79. The van der Waals surface area contributed by atoms with E-state index in [0.29, 0.717) is 0 Å². The van der Waals surface area contributed by atoms with E-state index in [1.807, 2.05) is 13.8 Å². The van der Waals surface area contributed by atoms with Crippen LogP contribution in [-0.2, 0) is 0 Å². The molecule has 0 aliphatic carbocycles. The first kappa shape index (κ1) is 12.4. The fraction of sp³-hybridized carbons (Fsp3) is 0.727. The molecule has 0 spiro atoms. The first-order chi connectivity index (χ1) is 6.20. The summed E-state index contributed by atoms with van der Waals surface area (Å²) >= 11 is 0. The van der Waals surface area contributed by atoms with Gasteiger partial charge in [0.1, 0.15) is 0 Å². The molecule has 0 saturated heterocycles. The van der Waals surface area contributed by atoms with E-state index in [9.17, 15) is 10.2 Å². The van der Waals surface area contributed by atoms with Crippen LogP contribution in [0.1, 0.15) is 39.5 Å². The summed E-state index contributed by atoms with van der Waals surface area (Å²) in [5.74, 6) is 0. The van der Waals surface area contributed by atoms with E-state index in [1.165, 1.54) is 0 Å². The van der Waals surface area contributed by atoms with Crippen LogP contribution >= 0.6 is 0 Å². The second-order valence-corrected chi connectivity index (χ2v) is 3.21. The molecule has 13 heavy (non-hydrogen) atoms. The van der Waals surface area contributed by atoms with Gasteiger partial charge in [-0.3, -0.25) is 0 Å². The Labute approximate surface area is 80.6 Å². The molecule has 76 valence electrons. The maximum absolute atomic E-state index is 9.27. The topological polar surface area (TPSA) is 40.5 Å². The second-order valence-electron chi connectivity index (χ2n) is 3.21. The predicted octanol–water partition coefficient (Wildman–Crippen LogP) is 2.02. The number of rotatable bonds is 6. The van der Waals surface area contributed by atoms with E-state index in [0.717, 1.165) is 25.7 Å². The zero-order chi connectivity index (χ0) is 10.1. The monoisotopic (exact) mass is 184 g/mol. The van der Waals surface area contributed by atoms with Crippen LogP contribution in [0.25, 0.3) is 0 Å². The molecule has 2 atom stereocenters. The minimum absolute atomic E-state index is 0.421. The SMILES string of the molecule is CCC[C@@H](O)C=C=C[C@H](O)CCC. The van der Waals surface area contributed by atoms with Gasteiger partial charge in [-0.1, -0.05) is 26.7 Å². The summed E-state index contributed by atoms with van der Waals surface area (Å²) in [5, 5.41) is 18.5. The molecule has 0 heterocycles. The second kappa shape index (κ2) is 8.06. The largest absolute Gasteiger partial charge is 0.388 e. The number of aliphatic hydroxyl groups is 2. The highest BCUT2D eigenvalue weighted by atomic mass is 16.3. The fourth-order valence-electron chi connectivity index (χ4n) is 1.04. The summed E-state index contributed by atoms with van der Waals surface area (Å²) in [6, 6.07) is 0. The molecule has 0 aliphatic rings. The van der Waals surface area contributed by atoms with Crippen LogP contribution in [0.4, 0.5) is 0 Å². The van der Waals surface area contributed by atoms with Gasteiger partial charge < -0.3 is 10.2 Å². The summed E-state index contributed by atoms with van der Waals surface area (Å²) in [5.41, 5.74) is 2.80. The molecule has 0 aromatic carbocycles. The minimum atomic E-state index is -0.421. The van der Waals surface area contributed by atoms with Crippen LogP contribution in [0.3, 0.4) is 0 Å². The number of hydrogen-bond acceptors (Lipinski definition) is 2. The van der Waals surface area contributed by atoms with Crippen LogP contribution in [0.2, 0.25) is 0 Å². The van der Waals surface area contributed by atoms with Crippen molar-refractivity contribution in [1.82, 2.24) is 0 Å². The molecule has 0 aliphatic heterocycles. The summed E-state index contributed by atoms with van der Waals surface area (Å²) in [6.07, 6.45) is 5.78. The molecule has 0 fully saturated rings. The molecular weight excluding hydrogens is 164 g/mol. The normalized spacial score (nSPS) is 14.5. The van der Waals surface area contributed by atoms with Crippen LogP contribution in [0.15, 0.2) is 17.9 Å². The average molecular weight is 184 g/mol. The third kappa shape index (κ3) is 7.79. The lowest BCUT2D eigenvalue weighted by Gasteiger charge is -2.00. The molecule has 0 amide bonds. The van der Waals surface area contributed by atoms with E-state index >= 15 is 0 Å². The van der Waals surface area contributed by atoms with Gasteiger partial charge >= 0.3 is 0 Å². The Morgan fingerprint density at radius 1 is 1.00 bits per heavy atom. The lowest BCUT2D eigenvalue weighted by Crippen LogP contribution is -2.01. The lowest BCUT2D eigenvalue weighted by molar-refractivity contribution is 0.208. The molecule has 0 bridgehead atoms. The van der Waals surface area contributed by atoms with Gasteiger partial charge in [-0.2, -0.15) is 0 Å². The van der Waals surface area contributed by atoms with Crippen molar-refractivity contribution in [3.05, 3.63) is 17.9 Å². The van der Waals surface area contributed by atoms with E-state index in [1.54, 1.807) is 12.2 Å². The van der Waals surface area contributed by atoms with Gasteiger partial charge in [0.25, 0.3) is 0 Å². The lowest BCUT2D eigenvalue weighted by atomic mass is 10.2. The fourth-order valence-corrected chi connectivity index (χ4v) is 1.04. The van der Waals surface area contributed by atoms with Crippen molar-refractivity contribution in [2.24, 2.45) is 0 Å². The third-order valence-electron chi connectivity index (χ3n) is 1.75. The van der Waals surface area contributed by atoms with Crippen molar-refractivity contribution in [3.8, 4) is 0 Å². The van der Waals surface area contributed by atoms with Gasteiger partial charge in [0.2, 0.25) is 0 Å². The van der Waals surface area contributed by atoms with Gasteiger partial charge in [-0.15, -0.1) is 5.73 Å². The molecule has 2 nitrogen and oxygen atoms in total. The maximum atomic E-state index is 9.27. The molecule has 0 aromatic heterocycles. The first-order valence-electron chi connectivity index (χ1n) is 4.99. The van der Waals surface area contributed by atoms with Crippen molar-refractivity contribution < 1.29 is 10.2 Å². The van der Waals surface area contributed by atoms with E-state index in [-0.39, 0.29) is 0 Å². The highest BCUT2D eigenvalue weighted by Gasteiger charge is 1.96. The average Bonchev–Trinajstić information content (AvgIpc) is 2.05. The maximum Gasteiger partial charge on any atom is 0.0794 e. The predicted molar refractivity (Wildman–Crippen MR) is 54.5 cm³/mol. The third-order valence-corrected chi connectivity index (χ3v) is 1.75. The van der Waals surface area contributed by atoms with Crippen LogP contribution in [0.5, 0.6) is 0 Å². The molecule has 0 rings (SSSR count). The molecule has 2 N–H and O–H groups in total. The molecule has 0 aromatic rings. The molecular formula is C11H20O2. The zero-order valence-corrected chi connectivity index (χ0v) is 8.53. The van der Waals surface area contributed by atoms with E-state index in [2.05, 4.69) is 5.73 Å². The summed E-state index contributed by atoms with van der Waals surface area (Å²) < 4.78 is 0. The minimum Gasteiger partial charge on any atom is -0.388 e. The van der Waals surface area contributed by atoms with E-state index in [4.69, 9.17) is 0 Å². The summed E-state index contributed by atoms with van der Waals surface area (Å²) in [7, 11) is 0. The van der Waals surface area contributed by atoms with Crippen molar-refractivity contribution in [3.63, 3.8) is 0 Å². The first-order valence-corrected chi connectivity index (χ1v) is 4.99. The van der Waals surface area contributed by atoms with Crippen molar-refractivity contribution in [2.45, 2.75) is 51.7 Å². The molecule has 0 radical (unpaired) electrons. The van der Waals surface area contributed by atoms with Gasteiger partial charge in [-0.25, -0.2) is 0 Å². The summed E-state index contributed by atoms with van der Waals surface area (Å²) in [4.78, 5) is 0. The Kier molecular flexibility index (Phi) is 7.71. The quantitative estimate of drug-likeness (QED) is 0.620. The molecule has 0 saturated carbocycles. The number of hydrogen-bond donors (Lipinski definition) is 2. The highest BCUT2D eigenvalue weighted by molar-refractivity contribution is 4.93. The van der Waals surface area contributed by atoms with Gasteiger partial charge in [0.15, 0.2) is 0 Å². The van der Waals surface area contributed by atoms with Gasteiger partial charge in [0, 0.05) is 0 Å². The molecule has 2 heteroatoms. The zero-order valence-electron chi connectivity index (χ0n) is 8.53. The van der Waals surface area contributed by atoms with E-state index < -0.39 is 12.2 Å². The van der Waals surface area contributed by atoms with Crippen molar-refractivity contribution in [1.29, 1.82) is 0 Å². The Morgan fingerprint density at radius 2 is 1.38 bits per heavy atom. The van der Waals surface area contributed by atoms with Gasteiger partial charge in [0.05, 0.1) is 12.2 Å². The number of aliphatic hydroxyl groups excluding tert-OH is 2. The van der Waals surface area contributed by atoms with Crippen LogP contribution < -0.4 is 0 Å². The Bertz CT molecular complexity index is 153. The van der Waals surface area contributed by atoms with Crippen molar-refractivity contribution >= 4 is 0 Å². The standard InChI is InChI=1S/C11H20O2/c1-3-6-10(12)8-5-9-11(13)7-4-2/h8-13H,3-4,6-7H2,1-2H3/t5?,10-,11-/m1/s1. The highest BCUT2D eigenvalue weighted by Crippen LogP contribution is 1.98. The van der Waals surface area contributed by atoms with Gasteiger partial charge in [-0.05, 0) is 25.0 Å². The smallest absolute Gasteiger partial charge is 0.0794 e. The van der Waals surface area contributed by atoms with Crippen molar-refractivity contribution in [2.75, 3.05) is 0 Å². The molecule has 0 unspecified atom stereocenters. The Hall–Kier alpha value is -0.560. The summed E-state index contributed by atoms with van der Waals surface area (Å²) in [6.45, 7) is 4.04. The van der Waals surface area contributed by atoms with Crippen LogP contribution in [-0.4, -0.2) is 22.4 Å².